The lowest BCUT2D eigenvalue weighted by atomic mass is 9.91. The molecule has 1 aromatic carbocycles. The molecule has 6 rings (SSSR count). The predicted molar refractivity (Wildman–Crippen MR) is 130 cm³/mol. The number of morpholine rings is 1. The van der Waals surface area contributed by atoms with Crippen LogP contribution < -0.4 is 9.80 Å². The van der Waals surface area contributed by atoms with E-state index < -0.39 is 0 Å². The molecule has 6 nitrogen and oxygen atoms in total. The zero-order valence-corrected chi connectivity index (χ0v) is 19.4. The van der Waals surface area contributed by atoms with Crippen molar-refractivity contribution in [1.29, 1.82) is 0 Å². The van der Waals surface area contributed by atoms with Crippen molar-refractivity contribution < 1.29 is 9.47 Å². The van der Waals surface area contributed by atoms with Crippen LogP contribution in [-0.4, -0.2) is 62.1 Å². The predicted octanol–water partition coefficient (Wildman–Crippen LogP) is 4.59. The Morgan fingerprint density at radius 3 is 2.53 bits per heavy atom. The fraction of sp³-hybridized carbons (Fsp3) is 0.520. The van der Waals surface area contributed by atoms with Crippen LogP contribution >= 0.6 is 11.3 Å². The van der Waals surface area contributed by atoms with Gasteiger partial charge in [0.15, 0.2) is 0 Å². The Labute approximate surface area is 193 Å². The van der Waals surface area contributed by atoms with Crippen LogP contribution in [0.4, 0.5) is 11.8 Å². The second-order valence-corrected chi connectivity index (χ2v) is 10.1. The average molecular weight is 451 g/mol. The van der Waals surface area contributed by atoms with Gasteiger partial charge < -0.3 is 19.3 Å². The van der Waals surface area contributed by atoms with E-state index >= 15 is 0 Å². The highest BCUT2D eigenvalue weighted by Gasteiger charge is 2.42. The number of hydrogen-bond donors (Lipinski definition) is 0. The number of fused-ring (bicyclic) bond motifs is 3. The normalized spacial score (nSPS) is 25.6. The summed E-state index contributed by atoms with van der Waals surface area (Å²) in [6.07, 6.45) is 4.83. The summed E-state index contributed by atoms with van der Waals surface area (Å²) < 4.78 is 11.1. The van der Waals surface area contributed by atoms with Gasteiger partial charge in [-0.1, -0.05) is 30.3 Å². The summed E-state index contributed by atoms with van der Waals surface area (Å²) in [4.78, 5) is 16.5. The lowest BCUT2D eigenvalue weighted by molar-refractivity contribution is 0.122. The molecule has 0 aliphatic carbocycles. The topological polar surface area (TPSA) is 50.7 Å². The number of thiophene rings is 1. The summed E-state index contributed by atoms with van der Waals surface area (Å²) in [5.41, 5.74) is 2.46. The number of benzene rings is 1. The second kappa shape index (κ2) is 8.61. The number of aromatic nitrogens is 2. The minimum Gasteiger partial charge on any atom is -0.384 e. The molecule has 2 unspecified atom stereocenters. The van der Waals surface area contributed by atoms with Crippen molar-refractivity contribution in [1.82, 2.24) is 9.97 Å². The van der Waals surface area contributed by atoms with E-state index in [9.17, 15) is 0 Å². The Morgan fingerprint density at radius 1 is 1.06 bits per heavy atom. The van der Waals surface area contributed by atoms with Crippen molar-refractivity contribution in [3.05, 3.63) is 35.7 Å². The van der Waals surface area contributed by atoms with Crippen LogP contribution in [0.3, 0.4) is 0 Å². The minimum atomic E-state index is 0.525. The number of piperidine rings is 1. The maximum Gasteiger partial charge on any atom is 0.229 e. The Bertz CT molecular complexity index is 1070. The molecule has 2 bridgehead atoms. The van der Waals surface area contributed by atoms with E-state index in [1.807, 2.05) is 7.11 Å². The van der Waals surface area contributed by atoms with Crippen LogP contribution in [0.15, 0.2) is 35.7 Å². The van der Waals surface area contributed by atoms with E-state index in [0.717, 1.165) is 49.5 Å². The molecule has 168 valence electrons. The summed E-state index contributed by atoms with van der Waals surface area (Å²) in [5, 5.41) is 3.44. The van der Waals surface area contributed by atoms with Gasteiger partial charge in [0.05, 0.1) is 18.6 Å². The fourth-order valence-electron chi connectivity index (χ4n) is 5.85. The van der Waals surface area contributed by atoms with Crippen molar-refractivity contribution in [3.63, 3.8) is 0 Å². The van der Waals surface area contributed by atoms with E-state index in [4.69, 9.17) is 19.4 Å². The molecule has 0 amide bonds. The van der Waals surface area contributed by atoms with Gasteiger partial charge in [-0.05, 0) is 37.2 Å². The number of anilines is 2. The molecule has 3 aromatic rings. The standard InChI is InChI=1S/C25H30N4O2S/c1-30-15-17-13-19-7-8-20(14-17)29(19)25-26-23(28-9-11-31-12-10-28)22-21(16-32-24(22)27-25)18-5-3-2-4-6-18/h2-6,16-17,19-20H,7-15H2,1H3. The van der Waals surface area contributed by atoms with Crippen LogP contribution in [-0.2, 0) is 9.47 Å². The van der Waals surface area contributed by atoms with Gasteiger partial charge >= 0.3 is 0 Å². The Hall–Kier alpha value is -2.22. The van der Waals surface area contributed by atoms with Crippen LogP contribution in [0.1, 0.15) is 25.7 Å². The van der Waals surface area contributed by atoms with Gasteiger partial charge in [0.2, 0.25) is 5.95 Å². The van der Waals surface area contributed by atoms with Crippen molar-refractivity contribution in [2.24, 2.45) is 5.92 Å². The van der Waals surface area contributed by atoms with Gasteiger partial charge in [-0.15, -0.1) is 11.3 Å². The van der Waals surface area contributed by atoms with Crippen LogP contribution in [0.5, 0.6) is 0 Å². The first-order chi connectivity index (χ1) is 15.8. The molecule has 3 aliphatic heterocycles. The quantitative estimate of drug-likeness (QED) is 0.567. The molecule has 32 heavy (non-hydrogen) atoms. The third kappa shape index (κ3) is 3.56. The summed E-state index contributed by atoms with van der Waals surface area (Å²) in [7, 11) is 1.82. The van der Waals surface area contributed by atoms with Crippen molar-refractivity contribution in [2.75, 3.05) is 49.8 Å². The molecule has 3 aliphatic rings. The molecular weight excluding hydrogens is 420 g/mol. The Balaban J connectivity index is 1.44. The molecule has 7 heteroatoms. The third-order valence-corrected chi connectivity index (χ3v) is 8.13. The molecule has 5 heterocycles. The Morgan fingerprint density at radius 2 is 1.81 bits per heavy atom. The van der Waals surface area contributed by atoms with E-state index in [-0.39, 0.29) is 0 Å². The summed E-state index contributed by atoms with van der Waals surface area (Å²) in [5.74, 6) is 2.65. The lowest BCUT2D eigenvalue weighted by Crippen LogP contribution is -2.45. The highest BCUT2D eigenvalue weighted by molar-refractivity contribution is 7.17. The number of methoxy groups -OCH3 is 1. The number of ether oxygens (including phenoxy) is 2. The number of hydrogen-bond acceptors (Lipinski definition) is 7. The Kier molecular flexibility index (Phi) is 5.49. The van der Waals surface area contributed by atoms with Crippen LogP contribution in [0.25, 0.3) is 21.3 Å². The monoisotopic (exact) mass is 450 g/mol. The number of rotatable bonds is 5. The first kappa shape index (κ1) is 20.4. The maximum absolute atomic E-state index is 5.65. The fourth-order valence-corrected chi connectivity index (χ4v) is 6.79. The molecule has 3 fully saturated rings. The summed E-state index contributed by atoms with van der Waals surface area (Å²) >= 11 is 1.74. The van der Waals surface area contributed by atoms with Crippen LogP contribution in [0, 0.1) is 5.92 Å². The van der Waals surface area contributed by atoms with E-state index in [0.29, 0.717) is 18.0 Å². The highest BCUT2D eigenvalue weighted by atomic mass is 32.1. The molecule has 3 saturated heterocycles. The highest BCUT2D eigenvalue weighted by Crippen LogP contribution is 2.44. The zero-order valence-electron chi connectivity index (χ0n) is 18.6. The van der Waals surface area contributed by atoms with Gasteiger partial charge in [-0.2, -0.15) is 4.98 Å². The van der Waals surface area contributed by atoms with Crippen molar-refractivity contribution in [3.8, 4) is 11.1 Å². The summed E-state index contributed by atoms with van der Waals surface area (Å²) in [6, 6.07) is 11.7. The van der Waals surface area contributed by atoms with E-state index in [2.05, 4.69) is 45.5 Å². The molecule has 0 N–H and O–H groups in total. The minimum absolute atomic E-state index is 0.525. The lowest BCUT2D eigenvalue weighted by Gasteiger charge is -2.39. The maximum atomic E-state index is 5.65. The van der Waals surface area contributed by atoms with Gasteiger partial charge in [-0.25, -0.2) is 4.98 Å². The molecule has 0 radical (unpaired) electrons. The SMILES string of the molecule is COCC1CC2CCC(C1)N2c1nc(N2CCOCC2)c2c(-c3ccccc3)csc2n1. The van der Waals surface area contributed by atoms with Crippen molar-refractivity contribution in [2.45, 2.75) is 37.8 Å². The molecule has 0 spiro atoms. The molecule has 0 saturated carbocycles. The van der Waals surface area contributed by atoms with Gasteiger partial charge in [-0.3, -0.25) is 0 Å². The summed E-state index contributed by atoms with van der Waals surface area (Å²) in [6.45, 7) is 4.11. The first-order valence-corrected chi connectivity index (χ1v) is 12.6. The molecular formula is C25H30N4O2S. The first-order valence-electron chi connectivity index (χ1n) is 11.8. The van der Waals surface area contributed by atoms with E-state index in [1.165, 1.54) is 42.2 Å². The molecule has 2 atom stereocenters. The average Bonchev–Trinajstić information content (AvgIpc) is 3.38. The van der Waals surface area contributed by atoms with Crippen LogP contribution in [0.2, 0.25) is 0 Å². The smallest absolute Gasteiger partial charge is 0.229 e. The van der Waals surface area contributed by atoms with E-state index in [1.54, 1.807) is 11.3 Å². The largest absolute Gasteiger partial charge is 0.384 e. The van der Waals surface area contributed by atoms with Gasteiger partial charge in [0, 0.05) is 49.8 Å². The zero-order chi connectivity index (χ0) is 21.5. The second-order valence-electron chi connectivity index (χ2n) is 9.23. The van der Waals surface area contributed by atoms with Gasteiger partial charge in [0.25, 0.3) is 0 Å². The number of nitrogens with zero attached hydrogens (tertiary/aromatic N) is 4. The third-order valence-electron chi connectivity index (χ3n) is 7.26. The van der Waals surface area contributed by atoms with Gasteiger partial charge in [0.1, 0.15) is 10.6 Å². The van der Waals surface area contributed by atoms with Crippen molar-refractivity contribution >= 4 is 33.3 Å². The molecule has 2 aromatic heterocycles.